The molecule has 0 amide bonds. The predicted molar refractivity (Wildman–Crippen MR) is 35.6 cm³/mol. The zero-order chi connectivity index (χ0) is 9.19. The van der Waals surface area contributed by atoms with Crippen LogP contribution >= 0.6 is 0 Å². The molecule has 6 heteroatoms. The van der Waals surface area contributed by atoms with E-state index in [0.717, 1.165) is 12.1 Å². The number of pyridine rings is 1. The van der Waals surface area contributed by atoms with Crippen LogP contribution in [0.15, 0.2) is 23.4 Å². The number of alkyl halides is 3. The van der Waals surface area contributed by atoms with Gasteiger partial charge < -0.3 is 0 Å². The summed E-state index contributed by atoms with van der Waals surface area (Å²) < 4.78 is 45.8. The van der Waals surface area contributed by atoms with Crippen LogP contribution in [-0.2, 0) is 22.1 Å². The fraction of sp³-hybridized carbons (Fsp3) is 0.167. The molecule has 0 spiro atoms. The van der Waals surface area contributed by atoms with Crippen molar-refractivity contribution in [2.24, 2.45) is 0 Å². The summed E-state index contributed by atoms with van der Waals surface area (Å²) in [5.41, 5.74) is -0.847. The van der Waals surface area contributed by atoms with Crippen molar-refractivity contribution in [1.82, 2.24) is 4.98 Å². The quantitative estimate of drug-likeness (QED) is 0.639. The Morgan fingerprint density at radius 1 is 1.33 bits per heavy atom. The van der Waals surface area contributed by atoms with Crippen LogP contribution in [0.3, 0.4) is 0 Å². The van der Waals surface area contributed by atoms with Crippen LogP contribution in [0, 0.1) is 0 Å². The average molecular weight is 194 g/mol. The molecule has 0 fully saturated rings. The van der Waals surface area contributed by atoms with Gasteiger partial charge in [-0.05, 0) is 6.07 Å². The van der Waals surface area contributed by atoms with Gasteiger partial charge in [0.1, 0.15) is 0 Å². The second-order valence-corrected chi connectivity index (χ2v) is 2.55. The minimum Gasteiger partial charge on any atom is -0.197 e. The van der Waals surface area contributed by atoms with E-state index in [9.17, 15) is 17.4 Å². The molecule has 1 aromatic rings. The second-order valence-electron chi connectivity index (χ2n) is 1.97. The van der Waals surface area contributed by atoms with Gasteiger partial charge in [-0.3, -0.25) is 0 Å². The molecule has 0 unspecified atom stereocenters. The molecule has 0 aliphatic rings. The fourth-order valence-electron chi connectivity index (χ4n) is 0.597. The zero-order valence-corrected chi connectivity index (χ0v) is 6.45. The number of halogens is 3. The molecule has 12 heavy (non-hydrogen) atoms. The van der Waals surface area contributed by atoms with Gasteiger partial charge in [-0.1, -0.05) is 0 Å². The molecule has 0 aromatic carbocycles. The summed E-state index contributed by atoms with van der Waals surface area (Å²) in [6.07, 6.45) is -3.75. The highest BCUT2D eigenvalue weighted by Gasteiger charge is 2.31. The SMILES string of the molecule is O=[S+]c1ccc(C(F)(F)F)cn1. The summed E-state index contributed by atoms with van der Waals surface area (Å²) in [6, 6.07) is 1.87. The Morgan fingerprint density at radius 2 is 2.00 bits per heavy atom. The third-order valence-electron chi connectivity index (χ3n) is 1.15. The van der Waals surface area contributed by atoms with Crippen LogP contribution in [0.1, 0.15) is 5.56 Å². The number of hydrogen-bond donors (Lipinski definition) is 0. The molecule has 1 aromatic heterocycles. The number of rotatable bonds is 1. The highest BCUT2D eigenvalue weighted by Crippen LogP contribution is 2.28. The van der Waals surface area contributed by atoms with E-state index in [1.807, 2.05) is 0 Å². The van der Waals surface area contributed by atoms with Gasteiger partial charge in [0.25, 0.3) is 0 Å². The molecular formula is C6H3F3NOS+. The third-order valence-corrected chi connectivity index (χ3v) is 1.56. The maximum atomic E-state index is 11.9. The maximum absolute atomic E-state index is 11.9. The first-order valence-electron chi connectivity index (χ1n) is 2.87. The van der Waals surface area contributed by atoms with Crippen molar-refractivity contribution in [2.75, 3.05) is 0 Å². The highest BCUT2D eigenvalue weighted by atomic mass is 32.1. The normalized spacial score (nSPS) is 11.2. The molecule has 1 rings (SSSR count). The monoisotopic (exact) mass is 194 g/mol. The van der Waals surface area contributed by atoms with Crippen LogP contribution in [-0.4, -0.2) is 4.98 Å². The lowest BCUT2D eigenvalue weighted by Crippen LogP contribution is -2.05. The minimum atomic E-state index is -4.39. The highest BCUT2D eigenvalue weighted by molar-refractivity contribution is 7.65. The Labute approximate surface area is 69.9 Å². The molecule has 0 aliphatic heterocycles. The zero-order valence-electron chi connectivity index (χ0n) is 5.63. The number of aromatic nitrogens is 1. The van der Waals surface area contributed by atoms with E-state index in [4.69, 9.17) is 0 Å². The standard InChI is InChI=1S/C6H3F3NOS/c7-6(8,9)4-1-2-5(12-11)10-3-4/h1-3H/q+1. The summed E-state index contributed by atoms with van der Waals surface area (Å²) in [4.78, 5) is 3.29. The molecule has 1 heterocycles. The Hall–Kier alpha value is -1.04. The molecule has 2 nitrogen and oxygen atoms in total. The van der Waals surface area contributed by atoms with Gasteiger partial charge in [-0.25, -0.2) is 0 Å². The Balaban J connectivity index is 3.00. The second kappa shape index (κ2) is 3.14. The van der Waals surface area contributed by atoms with E-state index in [-0.39, 0.29) is 16.7 Å². The number of hydrogen-bond acceptors (Lipinski definition) is 2. The average Bonchev–Trinajstić information content (AvgIpc) is 2.03. The summed E-state index contributed by atoms with van der Waals surface area (Å²) in [5, 5.41) is 0.0306. The lowest BCUT2D eigenvalue weighted by atomic mass is 10.3. The van der Waals surface area contributed by atoms with Gasteiger partial charge in [0.15, 0.2) is 0 Å². The smallest absolute Gasteiger partial charge is 0.197 e. The van der Waals surface area contributed by atoms with Crippen molar-refractivity contribution in [2.45, 2.75) is 11.2 Å². The van der Waals surface area contributed by atoms with Crippen molar-refractivity contribution >= 4 is 11.7 Å². The summed E-state index contributed by atoms with van der Waals surface area (Å²) in [7, 11) is 0. The molecule has 0 radical (unpaired) electrons. The lowest BCUT2D eigenvalue weighted by molar-refractivity contribution is -0.137. The first kappa shape index (κ1) is 9.05. The molecule has 0 saturated carbocycles. The molecule has 0 aliphatic carbocycles. The summed E-state index contributed by atoms with van der Waals surface area (Å²) in [5.74, 6) is 0. The largest absolute Gasteiger partial charge is 0.527 e. The maximum Gasteiger partial charge on any atom is 0.527 e. The first-order valence-corrected chi connectivity index (χ1v) is 3.61. The minimum absolute atomic E-state index is 0.0306. The van der Waals surface area contributed by atoms with Crippen LogP contribution in [0.2, 0.25) is 0 Å². The molecule has 0 bridgehead atoms. The van der Waals surface area contributed by atoms with Crippen molar-refractivity contribution < 1.29 is 17.4 Å². The van der Waals surface area contributed by atoms with Gasteiger partial charge in [0, 0.05) is 16.5 Å². The summed E-state index contributed by atoms with van der Waals surface area (Å²) in [6.45, 7) is 0. The van der Waals surface area contributed by atoms with Gasteiger partial charge in [0.2, 0.25) is 0 Å². The lowest BCUT2D eigenvalue weighted by Gasteiger charge is -2.02. The van der Waals surface area contributed by atoms with Gasteiger partial charge in [-0.15, -0.1) is 0 Å². The molecule has 0 atom stereocenters. The Kier molecular flexibility index (Phi) is 2.37. The predicted octanol–water partition coefficient (Wildman–Crippen LogP) is 1.89. The first-order chi connectivity index (χ1) is 5.54. The van der Waals surface area contributed by atoms with E-state index < -0.39 is 11.7 Å². The number of nitrogens with zero attached hydrogens (tertiary/aromatic N) is 1. The van der Waals surface area contributed by atoms with E-state index >= 15 is 0 Å². The topological polar surface area (TPSA) is 30.0 Å². The molecule has 64 valence electrons. The third kappa shape index (κ3) is 1.97. The van der Waals surface area contributed by atoms with E-state index in [2.05, 4.69) is 4.98 Å². The van der Waals surface area contributed by atoms with Crippen LogP contribution in [0.25, 0.3) is 0 Å². The Morgan fingerprint density at radius 3 is 2.33 bits per heavy atom. The van der Waals surface area contributed by atoms with E-state index in [1.165, 1.54) is 0 Å². The van der Waals surface area contributed by atoms with E-state index in [0.29, 0.717) is 6.20 Å². The summed E-state index contributed by atoms with van der Waals surface area (Å²) >= 11 is 0.0597. The molecule has 0 N–H and O–H groups in total. The molecular weight excluding hydrogens is 191 g/mol. The van der Waals surface area contributed by atoms with Crippen molar-refractivity contribution in [3.63, 3.8) is 0 Å². The van der Waals surface area contributed by atoms with Crippen LogP contribution < -0.4 is 0 Å². The van der Waals surface area contributed by atoms with Gasteiger partial charge >= 0.3 is 22.9 Å². The van der Waals surface area contributed by atoms with Gasteiger partial charge in [0.05, 0.1) is 5.56 Å². The van der Waals surface area contributed by atoms with Gasteiger partial charge in [-0.2, -0.15) is 18.2 Å². The van der Waals surface area contributed by atoms with Crippen LogP contribution in [0.4, 0.5) is 13.2 Å². The van der Waals surface area contributed by atoms with Crippen LogP contribution in [0.5, 0.6) is 0 Å². The molecule has 0 saturated heterocycles. The van der Waals surface area contributed by atoms with Crippen molar-refractivity contribution in [3.8, 4) is 0 Å². The van der Waals surface area contributed by atoms with Crippen molar-refractivity contribution in [1.29, 1.82) is 0 Å². The Bertz CT molecular complexity index is 282. The van der Waals surface area contributed by atoms with E-state index in [1.54, 1.807) is 0 Å². The van der Waals surface area contributed by atoms with Crippen molar-refractivity contribution in [3.05, 3.63) is 23.9 Å². The fourth-order valence-corrected chi connectivity index (χ4v) is 0.817.